The quantitative estimate of drug-likeness (QED) is 0.857. The van der Waals surface area contributed by atoms with Gasteiger partial charge in [-0.1, -0.05) is 37.1 Å². The van der Waals surface area contributed by atoms with Crippen LogP contribution < -0.4 is 0 Å². The van der Waals surface area contributed by atoms with Crippen LogP contribution in [0.4, 0.5) is 0 Å². The van der Waals surface area contributed by atoms with Gasteiger partial charge in [0.2, 0.25) is 0 Å². The molecule has 1 aromatic heterocycles. The number of aromatic nitrogens is 1. The zero-order valence-electron chi connectivity index (χ0n) is 14.0. The maximum atomic E-state index is 12.8. The smallest absolute Gasteiger partial charge is 0.272 e. The second-order valence-corrected chi connectivity index (χ2v) is 8.79. The first-order chi connectivity index (χ1) is 11.4. The van der Waals surface area contributed by atoms with E-state index in [2.05, 4.69) is 4.98 Å². The predicted molar refractivity (Wildman–Crippen MR) is 94.7 cm³/mol. The highest BCUT2D eigenvalue weighted by atomic mass is 32.2. The Hall–Kier alpha value is -1.95. The van der Waals surface area contributed by atoms with Crippen molar-refractivity contribution in [2.24, 2.45) is 0 Å². The van der Waals surface area contributed by atoms with Crippen LogP contribution in [-0.2, 0) is 9.84 Å². The molecular formula is C18H22N2O3S. The molecule has 2 atom stereocenters. The minimum absolute atomic E-state index is 0.221. The summed E-state index contributed by atoms with van der Waals surface area (Å²) < 4.78 is 24.2. The summed E-state index contributed by atoms with van der Waals surface area (Å²) in [5.41, 5.74) is 1.12. The summed E-state index contributed by atoms with van der Waals surface area (Å²) in [6.45, 7) is 0. The van der Waals surface area contributed by atoms with E-state index < -0.39 is 15.1 Å². The van der Waals surface area contributed by atoms with Crippen LogP contribution in [0.5, 0.6) is 0 Å². The van der Waals surface area contributed by atoms with Crippen LogP contribution in [-0.4, -0.2) is 48.8 Å². The van der Waals surface area contributed by atoms with Crippen molar-refractivity contribution < 1.29 is 13.2 Å². The van der Waals surface area contributed by atoms with Gasteiger partial charge in [0.25, 0.3) is 5.91 Å². The van der Waals surface area contributed by atoms with Gasteiger partial charge in [0.15, 0.2) is 9.84 Å². The molecule has 0 aliphatic heterocycles. The monoisotopic (exact) mass is 346 g/mol. The number of amides is 1. The topological polar surface area (TPSA) is 67.3 Å². The Morgan fingerprint density at radius 1 is 1.12 bits per heavy atom. The summed E-state index contributed by atoms with van der Waals surface area (Å²) in [5, 5.41) is 0.490. The van der Waals surface area contributed by atoms with Crippen LogP contribution in [0.25, 0.3) is 10.9 Å². The number of carbonyl (C=O) groups excluding carboxylic acids is 1. The number of hydrogen-bond acceptors (Lipinski definition) is 4. The number of para-hydroxylation sites is 1. The van der Waals surface area contributed by atoms with E-state index in [-0.39, 0.29) is 11.9 Å². The summed E-state index contributed by atoms with van der Waals surface area (Å²) in [5.74, 6) is -0.221. The molecule has 0 bridgehead atoms. The van der Waals surface area contributed by atoms with Crippen LogP contribution in [0.15, 0.2) is 36.4 Å². The normalized spacial score (nSPS) is 21.6. The Morgan fingerprint density at radius 2 is 1.83 bits per heavy atom. The van der Waals surface area contributed by atoms with Crippen LogP contribution in [0.2, 0.25) is 0 Å². The Morgan fingerprint density at radius 3 is 2.58 bits per heavy atom. The maximum Gasteiger partial charge on any atom is 0.272 e. The number of carbonyl (C=O) groups is 1. The second kappa shape index (κ2) is 6.51. The zero-order chi connectivity index (χ0) is 17.3. The van der Waals surface area contributed by atoms with Gasteiger partial charge in [-0.3, -0.25) is 4.79 Å². The number of pyridine rings is 1. The molecule has 0 unspecified atom stereocenters. The van der Waals surface area contributed by atoms with E-state index in [1.54, 1.807) is 18.0 Å². The fourth-order valence-electron chi connectivity index (χ4n) is 3.54. The average molecular weight is 346 g/mol. The van der Waals surface area contributed by atoms with Crippen LogP contribution in [0.1, 0.15) is 36.2 Å². The van der Waals surface area contributed by atoms with Crippen molar-refractivity contribution in [1.82, 2.24) is 9.88 Å². The lowest BCUT2D eigenvalue weighted by atomic mass is 9.93. The number of sulfone groups is 1. The molecule has 1 fully saturated rings. The highest BCUT2D eigenvalue weighted by molar-refractivity contribution is 7.91. The van der Waals surface area contributed by atoms with E-state index in [0.717, 1.165) is 23.7 Å². The second-order valence-electron chi connectivity index (χ2n) is 6.53. The summed E-state index contributed by atoms with van der Waals surface area (Å²) in [6, 6.07) is 10.9. The number of nitrogens with zero attached hydrogens (tertiary/aromatic N) is 2. The summed E-state index contributed by atoms with van der Waals surface area (Å²) >= 11 is 0. The fourth-order valence-corrected chi connectivity index (χ4v) is 5.02. The SMILES string of the molecule is CN(C(=O)c1ccc2ccccc2n1)[C@H]1CCCC[C@@H]1S(C)(=O)=O. The summed E-state index contributed by atoms with van der Waals surface area (Å²) in [7, 11) is -1.50. The van der Waals surface area contributed by atoms with E-state index in [4.69, 9.17) is 0 Å². The van der Waals surface area contributed by atoms with Crippen LogP contribution in [0, 0.1) is 0 Å². The molecule has 0 spiro atoms. The molecule has 128 valence electrons. The molecule has 2 aromatic rings. The minimum atomic E-state index is -3.18. The van der Waals surface area contributed by atoms with Gasteiger partial charge < -0.3 is 4.90 Å². The van der Waals surface area contributed by atoms with E-state index in [1.165, 1.54) is 6.26 Å². The third-order valence-electron chi connectivity index (χ3n) is 4.85. The first kappa shape index (κ1) is 16.9. The van der Waals surface area contributed by atoms with Crippen molar-refractivity contribution >= 4 is 26.6 Å². The van der Waals surface area contributed by atoms with Crippen LogP contribution in [0.3, 0.4) is 0 Å². The Kier molecular flexibility index (Phi) is 4.58. The lowest BCUT2D eigenvalue weighted by Crippen LogP contribution is -2.49. The lowest BCUT2D eigenvalue weighted by Gasteiger charge is -2.36. The molecule has 1 aliphatic carbocycles. The molecule has 1 aromatic carbocycles. The molecule has 0 saturated heterocycles. The highest BCUT2D eigenvalue weighted by Crippen LogP contribution is 2.28. The third-order valence-corrected chi connectivity index (χ3v) is 6.50. The molecule has 0 N–H and O–H groups in total. The van der Waals surface area contributed by atoms with E-state index >= 15 is 0 Å². The van der Waals surface area contributed by atoms with Gasteiger partial charge in [-0.25, -0.2) is 13.4 Å². The summed E-state index contributed by atoms with van der Waals surface area (Å²) in [6.07, 6.45) is 4.44. The molecule has 1 amide bonds. The van der Waals surface area contributed by atoms with Gasteiger partial charge in [-0.15, -0.1) is 0 Å². The van der Waals surface area contributed by atoms with Gasteiger partial charge in [-0.05, 0) is 25.0 Å². The number of hydrogen-bond donors (Lipinski definition) is 0. The fraction of sp³-hybridized carbons (Fsp3) is 0.444. The van der Waals surface area contributed by atoms with Gasteiger partial charge in [0.1, 0.15) is 5.69 Å². The number of rotatable bonds is 3. The van der Waals surface area contributed by atoms with Crippen molar-refractivity contribution in [3.63, 3.8) is 0 Å². The number of benzene rings is 1. The summed E-state index contributed by atoms with van der Waals surface area (Å²) in [4.78, 5) is 18.8. The zero-order valence-corrected chi connectivity index (χ0v) is 14.8. The van der Waals surface area contributed by atoms with Crippen LogP contribution >= 0.6 is 0 Å². The van der Waals surface area contributed by atoms with Crippen molar-refractivity contribution in [3.05, 3.63) is 42.1 Å². The predicted octanol–water partition coefficient (Wildman–Crippen LogP) is 2.66. The van der Waals surface area contributed by atoms with Crippen molar-refractivity contribution in [3.8, 4) is 0 Å². The standard InChI is InChI=1S/C18H22N2O3S/c1-20(16-9-5-6-10-17(16)24(2,22)23)18(21)15-12-11-13-7-3-4-8-14(13)19-15/h3-4,7-8,11-12,16-17H,5-6,9-10H2,1-2H3/t16-,17-/m0/s1. The molecular weight excluding hydrogens is 324 g/mol. The van der Waals surface area contributed by atoms with E-state index in [9.17, 15) is 13.2 Å². The van der Waals surface area contributed by atoms with Gasteiger partial charge in [0, 0.05) is 24.7 Å². The molecule has 6 heteroatoms. The third kappa shape index (κ3) is 3.29. The van der Waals surface area contributed by atoms with Crippen molar-refractivity contribution in [1.29, 1.82) is 0 Å². The average Bonchev–Trinajstić information content (AvgIpc) is 2.59. The van der Waals surface area contributed by atoms with E-state index in [0.29, 0.717) is 18.5 Å². The Labute approximate surface area is 142 Å². The Balaban J connectivity index is 1.89. The molecule has 1 heterocycles. The minimum Gasteiger partial charge on any atom is -0.336 e. The van der Waals surface area contributed by atoms with Crippen molar-refractivity contribution in [2.75, 3.05) is 13.3 Å². The first-order valence-electron chi connectivity index (χ1n) is 8.20. The molecule has 0 radical (unpaired) electrons. The molecule has 3 rings (SSSR count). The molecule has 1 aliphatic rings. The van der Waals surface area contributed by atoms with Crippen molar-refractivity contribution in [2.45, 2.75) is 37.0 Å². The number of fused-ring (bicyclic) bond motifs is 1. The van der Waals surface area contributed by atoms with E-state index in [1.807, 2.05) is 30.3 Å². The van der Waals surface area contributed by atoms with Gasteiger partial charge in [0.05, 0.1) is 10.8 Å². The molecule has 1 saturated carbocycles. The largest absolute Gasteiger partial charge is 0.336 e. The molecule has 24 heavy (non-hydrogen) atoms. The van der Waals surface area contributed by atoms with Gasteiger partial charge >= 0.3 is 0 Å². The first-order valence-corrected chi connectivity index (χ1v) is 10.2. The highest BCUT2D eigenvalue weighted by Gasteiger charge is 2.37. The lowest BCUT2D eigenvalue weighted by molar-refractivity contribution is 0.0695. The van der Waals surface area contributed by atoms with Gasteiger partial charge in [-0.2, -0.15) is 0 Å². The Bertz CT molecular complexity index is 863. The molecule has 5 nitrogen and oxygen atoms in total. The maximum absolute atomic E-state index is 12.8.